The van der Waals surface area contributed by atoms with Gasteiger partial charge in [0.2, 0.25) is 0 Å². The Balaban J connectivity index is 2.04. The van der Waals surface area contributed by atoms with Crippen LogP contribution in [0.15, 0.2) is 56.6 Å². The number of hydrogen-bond acceptors (Lipinski definition) is 5. The number of nitrogens with one attached hydrogen (secondary N) is 1. The summed E-state index contributed by atoms with van der Waals surface area (Å²) in [7, 11) is -2.39. The Morgan fingerprint density at radius 3 is 2.67 bits per heavy atom. The molecular weight excluding hydrogens is 332 g/mol. The molecule has 0 aliphatic carbocycles. The van der Waals surface area contributed by atoms with E-state index in [0.717, 1.165) is 0 Å². The molecule has 24 heavy (non-hydrogen) atoms. The highest BCUT2D eigenvalue weighted by Crippen LogP contribution is 2.27. The topological polar surface area (TPSA) is 90.5 Å². The van der Waals surface area contributed by atoms with Gasteiger partial charge in [0.05, 0.1) is 23.2 Å². The minimum Gasteiger partial charge on any atom is -0.495 e. The van der Waals surface area contributed by atoms with Gasteiger partial charge >= 0.3 is 5.76 Å². The molecule has 3 aromatic rings. The third kappa shape index (κ3) is 2.76. The zero-order chi connectivity index (χ0) is 17.3. The molecule has 0 radical (unpaired) electrons. The number of anilines is 1. The lowest BCUT2D eigenvalue weighted by atomic mass is 10.3. The number of benzene rings is 2. The van der Waals surface area contributed by atoms with Gasteiger partial charge in [-0.2, -0.15) is 0 Å². The van der Waals surface area contributed by atoms with Gasteiger partial charge in [0, 0.05) is 12.6 Å². The number of rotatable bonds is 5. The molecule has 0 bridgehead atoms. The van der Waals surface area contributed by atoms with Crippen LogP contribution in [0, 0.1) is 0 Å². The van der Waals surface area contributed by atoms with E-state index in [2.05, 4.69) is 4.72 Å². The summed E-state index contributed by atoms with van der Waals surface area (Å²) in [6.45, 7) is 2.25. The molecule has 0 aliphatic heterocycles. The van der Waals surface area contributed by atoms with Crippen LogP contribution in [0.25, 0.3) is 11.1 Å². The molecule has 0 aliphatic rings. The zero-order valence-electron chi connectivity index (χ0n) is 13.1. The van der Waals surface area contributed by atoms with Crippen molar-refractivity contribution in [3.63, 3.8) is 0 Å². The summed E-state index contributed by atoms with van der Waals surface area (Å²) in [5.74, 6) is -0.106. The van der Waals surface area contributed by atoms with E-state index in [1.165, 1.54) is 23.8 Å². The molecule has 1 N–H and O–H groups in total. The van der Waals surface area contributed by atoms with Gasteiger partial charge in [-0.15, -0.1) is 0 Å². The Labute approximate surface area is 138 Å². The zero-order valence-corrected chi connectivity index (χ0v) is 14.0. The van der Waals surface area contributed by atoms with Gasteiger partial charge in [-0.05, 0) is 31.2 Å². The second-order valence-electron chi connectivity index (χ2n) is 5.05. The normalized spacial score (nSPS) is 11.6. The van der Waals surface area contributed by atoms with E-state index in [1.54, 1.807) is 30.3 Å². The van der Waals surface area contributed by atoms with E-state index in [0.29, 0.717) is 23.5 Å². The van der Waals surface area contributed by atoms with Crippen molar-refractivity contribution in [3.8, 4) is 5.75 Å². The number of nitrogens with zero attached hydrogens (tertiary/aromatic N) is 1. The van der Waals surface area contributed by atoms with Gasteiger partial charge in [0.1, 0.15) is 5.75 Å². The first kappa shape index (κ1) is 16.1. The van der Waals surface area contributed by atoms with Gasteiger partial charge in [-0.25, -0.2) is 13.2 Å². The van der Waals surface area contributed by atoms with E-state index in [9.17, 15) is 13.2 Å². The third-order valence-electron chi connectivity index (χ3n) is 3.62. The van der Waals surface area contributed by atoms with Crippen LogP contribution >= 0.6 is 0 Å². The summed E-state index contributed by atoms with van der Waals surface area (Å²) >= 11 is 0. The van der Waals surface area contributed by atoms with E-state index in [-0.39, 0.29) is 10.5 Å². The molecule has 0 saturated heterocycles. The highest BCUT2D eigenvalue weighted by Gasteiger charge is 2.19. The summed E-state index contributed by atoms with van der Waals surface area (Å²) in [5.41, 5.74) is 1.11. The Morgan fingerprint density at radius 1 is 1.21 bits per heavy atom. The molecule has 0 atom stereocenters. The maximum atomic E-state index is 12.6. The SMILES string of the molecule is CCn1c(=O)oc2cc(S(=O)(=O)Nc3ccccc3OC)ccc21. The number of sulfonamides is 1. The first-order valence-electron chi connectivity index (χ1n) is 7.25. The van der Waals surface area contributed by atoms with Crippen molar-refractivity contribution in [2.75, 3.05) is 11.8 Å². The largest absolute Gasteiger partial charge is 0.495 e. The van der Waals surface area contributed by atoms with Crippen LogP contribution in [0.3, 0.4) is 0 Å². The molecule has 1 heterocycles. The van der Waals surface area contributed by atoms with Gasteiger partial charge in [-0.3, -0.25) is 9.29 Å². The minimum absolute atomic E-state index is 0.00194. The maximum Gasteiger partial charge on any atom is 0.419 e. The van der Waals surface area contributed by atoms with Gasteiger partial charge in [-0.1, -0.05) is 12.1 Å². The van der Waals surface area contributed by atoms with Gasteiger partial charge in [0.15, 0.2) is 5.58 Å². The second-order valence-corrected chi connectivity index (χ2v) is 6.73. The number of oxazole rings is 1. The molecule has 8 heteroatoms. The molecule has 7 nitrogen and oxygen atoms in total. The fourth-order valence-electron chi connectivity index (χ4n) is 2.45. The third-order valence-corrected chi connectivity index (χ3v) is 4.98. The minimum atomic E-state index is -3.85. The standard InChI is InChI=1S/C16H16N2O5S/c1-3-18-13-9-8-11(10-15(13)23-16(18)19)24(20,21)17-12-6-4-5-7-14(12)22-2/h4-10,17H,3H2,1-2H3. The number of para-hydroxylation sites is 2. The first-order valence-corrected chi connectivity index (χ1v) is 8.74. The van der Waals surface area contributed by atoms with Crippen LogP contribution in [0.1, 0.15) is 6.92 Å². The number of aryl methyl sites for hydroxylation is 1. The van der Waals surface area contributed by atoms with E-state index in [1.807, 2.05) is 6.92 Å². The lowest BCUT2D eigenvalue weighted by molar-refractivity contribution is 0.417. The molecular formula is C16H16N2O5S. The smallest absolute Gasteiger partial charge is 0.419 e. The highest BCUT2D eigenvalue weighted by molar-refractivity contribution is 7.92. The molecule has 126 valence electrons. The van der Waals surface area contributed by atoms with Crippen LogP contribution in [-0.2, 0) is 16.6 Å². The van der Waals surface area contributed by atoms with Crippen LogP contribution in [0.4, 0.5) is 5.69 Å². The molecule has 2 aromatic carbocycles. The van der Waals surface area contributed by atoms with Gasteiger partial charge in [0.25, 0.3) is 10.0 Å². The van der Waals surface area contributed by atoms with Crippen molar-refractivity contribution in [3.05, 3.63) is 53.0 Å². The summed E-state index contributed by atoms with van der Waals surface area (Å²) in [5, 5.41) is 0. The Kier molecular flexibility index (Phi) is 4.06. The number of aromatic nitrogens is 1. The molecule has 3 rings (SSSR count). The average Bonchev–Trinajstić information content (AvgIpc) is 2.89. The molecule has 0 spiro atoms. The van der Waals surface area contributed by atoms with Crippen LogP contribution in [0.2, 0.25) is 0 Å². The maximum absolute atomic E-state index is 12.6. The fraction of sp³-hybridized carbons (Fsp3) is 0.188. The summed E-state index contributed by atoms with van der Waals surface area (Å²) in [6.07, 6.45) is 0. The number of methoxy groups -OCH3 is 1. The Bertz CT molecular complexity index is 1050. The predicted molar refractivity (Wildman–Crippen MR) is 90.0 cm³/mol. The van der Waals surface area contributed by atoms with E-state index >= 15 is 0 Å². The van der Waals surface area contributed by atoms with Crippen molar-refractivity contribution in [1.82, 2.24) is 4.57 Å². The Hall–Kier alpha value is -2.74. The van der Waals surface area contributed by atoms with Crippen LogP contribution in [-0.4, -0.2) is 20.1 Å². The van der Waals surface area contributed by atoms with Crippen molar-refractivity contribution < 1.29 is 17.6 Å². The lowest BCUT2D eigenvalue weighted by Gasteiger charge is -2.11. The van der Waals surface area contributed by atoms with Crippen molar-refractivity contribution in [2.24, 2.45) is 0 Å². The second kappa shape index (κ2) is 6.04. The fourth-order valence-corrected chi connectivity index (χ4v) is 3.53. The van der Waals surface area contributed by atoms with Crippen molar-refractivity contribution >= 4 is 26.8 Å². The summed E-state index contributed by atoms with van der Waals surface area (Å²) in [6, 6.07) is 11.0. The van der Waals surface area contributed by atoms with Crippen molar-refractivity contribution in [1.29, 1.82) is 0 Å². The quantitative estimate of drug-likeness (QED) is 0.765. The first-order chi connectivity index (χ1) is 11.5. The number of hydrogen-bond donors (Lipinski definition) is 1. The van der Waals surface area contributed by atoms with Crippen LogP contribution < -0.4 is 15.2 Å². The average molecular weight is 348 g/mol. The summed E-state index contributed by atoms with van der Waals surface area (Å²) in [4.78, 5) is 11.7. The van der Waals surface area contributed by atoms with E-state index in [4.69, 9.17) is 9.15 Å². The predicted octanol–water partition coefficient (Wildman–Crippen LogP) is 2.42. The van der Waals surface area contributed by atoms with Crippen molar-refractivity contribution in [2.45, 2.75) is 18.4 Å². The number of fused-ring (bicyclic) bond motifs is 1. The number of ether oxygens (including phenoxy) is 1. The van der Waals surface area contributed by atoms with E-state index < -0.39 is 15.8 Å². The highest BCUT2D eigenvalue weighted by atomic mass is 32.2. The molecule has 1 aromatic heterocycles. The Morgan fingerprint density at radius 2 is 1.96 bits per heavy atom. The van der Waals surface area contributed by atoms with Crippen LogP contribution in [0.5, 0.6) is 5.75 Å². The molecule has 0 unspecified atom stereocenters. The van der Waals surface area contributed by atoms with Gasteiger partial charge < -0.3 is 9.15 Å². The molecule has 0 amide bonds. The summed E-state index contributed by atoms with van der Waals surface area (Å²) < 4.78 is 39.3. The molecule has 0 fully saturated rings. The monoisotopic (exact) mass is 348 g/mol. The molecule has 0 saturated carbocycles. The lowest BCUT2D eigenvalue weighted by Crippen LogP contribution is -2.13.